The molecule has 2 amide bonds. The SMILES string of the molecule is CCCC(NC(=O)COC(=O)c1ccc(NC(=O)c2ccco2)cc1)c1ccccc1. The van der Waals surface area contributed by atoms with Crippen LogP contribution in [0.3, 0.4) is 0 Å². The molecule has 0 fully saturated rings. The van der Waals surface area contributed by atoms with E-state index in [-0.39, 0.29) is 29.9 Å². The fourth-order valence-electron chi connectivity index (χ4n) is 3.04. The molecule has 0 aliphatic heterocycles. The van der Waals surface area contributed by atoms with Crippen LogP contribution in [-0.2, 0) is 9.53 Å². The van der Waals surface area contributed by atoms with Gasteiger partial charge in [-0.2, -0.15) is 0 Å². The van der Waals surface area contributed by atoms with Crippen molar-refractivity contribution in [2.45, 2.75) is 25.8 Å². The second-order valence-electron chi connectivity index (χ2n) is 6.90. The van der Waals surface area contributed by atoms with Gasteiger partial charge in [-0.1, -0.05) is 43.7 Å². The monoisotopic (exact) mass is 420 g/mol. The molecule has 7 nitrogen and oxygen atoms in total. The van der Waals surface area contributed by atoms with Crippen molar-refractivity contribution in [2.75, 3.05) is 11.9 Å². The van der Waals surface area contributed by atoms with Crippen LogP contribution in [-0.4, -0.2) is 24.4 Å². The summed E-state index contributed by atoms with van der Waals surface area (Å²) in [4.78, 5) is 36.5. The van der Waals surface area contributed by atoms with Gasteiger partial charge in [0.15, 0.2) is 12.4 Å². The quantitative estimate of drug-likeness (QED) is 0.502. The van der Waals surface area contributed by atoms with E-state index in [1.807, 2.05) is 37.3 Å². The van der Waals surface area contributed by atoms with Crippen molar-refractivity contribution in [2.24, 2.45) is 0 Å². The van der Waals surface area contributed by atoms with Gasteiger partial charge in [-0.15, -0.1) is 0 Å². The summed E-state index contributed by atoms with van der Waals surface area (Å²) in [7, 11) is 0. The first-order chi connectivity index (χ1) is 15.1. The van der Waals surface area contributed by atoms with Gasteiger partial charge in [0.1, 0.15) is 0 Å². The van der Waals surface area contributed by atoms with E-state index in [1.165, 1.54) is 18.4 Å². The second-order valence-corrected chi connectivity index (χ2v) is 6.90. The van der Waals surface area contributed by atoms with Gasteiger partial charge >= 0.3 is 5.97 Å². The number of esters is 1. The van der Waals surface area contributed by atoms with E-state index >= 15 is 0 Å². The third-order valence-corrected chi connectivity index (χ3v) is 4.57. The van der Waals surface area contributed by atoms with Gasteiger partial charge in [0.05, 0.1) is 17.9 Å². The number of carbonyl (C=O) groups excluding carboxylic acids is 3. The zero-order chi connectivity index (χ0) is 22.1. The lowest BCUT2D eigenvalue weighted by atomic mass is 10.0. The van der Waals surface area contributed by atoms with Crippen LogP contribution in [0.25, 0.3) is 0 Å². The third kappa shape index (κ3) is 6.30. The Morgan fingerprint density at radius 1 is 0.968 bits per heavy atom. The summed E-state index contributed by atoms with van der Waals surface area (Å²) >= 11 is 0. The maximum absolute atomic E-state index is 12.3. The molecule has 0 saturated carbocycles. The Balaban J connectivity index is 1.50. The lowest BCUT2D eigenvalue weighted by Crippen LogP contribution is -2.32. The maximum atomic E-state index is 12.3. The minimum atomic E-state index is -0.620. The zero-order valence-corrected chi connectivity index (χ0v) is 17.2. The molecule has 0 bridgehead atoms. The van der Waals surface area contributed by atoms with Crippen molar-refractivity contribution in [3.05, 3.63) is 89.9 Å². The highest BCUT2D eigenvalue weighted by atomic mass is 16.5. The minimum absolute atomic E-state index is 0.130. The van der Waals surface area contributed by atoms with Crippen molar-refractivity contribution in [3.63, 3.8) is 0 Å². The first kappa shape index (κ1) is 21.8. The summed E-state index contributed by atoms with van der Waals surface area (Å²) in [5, 5.41) is 5.57. The number of hydrogen-bond acceptors (Lipinski definition) is 5. The Morgan fingerprint density at radius 2 is 1.71 bits per heavy atom. The Morgan fingerprint density at radius 3 is 2.35 bits per heavy atom. The van der Waals surface area contributed by atoms with E-state index in [0.717, 1.165) is 18.4 Å². The molecule has 0 aliphatic carbocycles. The molecule has 0 aliphatic rings. The standard InChI is InChI=1S/C24H24N2O5/c1-2-7-20(17-8-4-3-5-9-17)26-22(27)16-31-24(29)18-11-13-19(14-12-18)25-23(28)21-10-6-15-30-21/h3-6,8-15,20H,2,7,16H2,1H3,(H,25,28)(H,26,27). The van der Waals surface area contributed by atoms with Gasteiger partial charge in [-0.05, 0) is 48.4 Å². The lowest BCUT2D eigenvalue weighted by molar-refractivity contribution is -0.125. The molecule has 2 N–H and O–H groups in total. The van der Waals surface area contributed by atoms with Crippen LogP contribution in [0, 0.1) is 0 Å². The largest absolute Gasteiger partial charge is 0.459 e. The number of benzene rings is 2. The predicted molar refractivity (Wildman–Crippen MR) is 116 cm³/mol. The molecule has 7 heteroatoms. The Labute approximate surface area is 180 Å². The normalized spacial score (nSPS) is 11.4. The average Bonchev–Trinajstić information content (AvgIpc) is 3.33. The minimum Gasteiger partial charge on any atom is -0.459 e. The van der Waals surface area contributed by atoms with Crippen LogP contribution in [0.4, 0.5) is 5.69 Å². The second kappa shape index (κ2) is 10.8. The molecule has 1 heterocycles. The van der Waals surface area contributed by atoms with Crippen molar-refractivity contribution < 1.29 is 23.5 Å². The van der Waals surface area contributed by atoms with E-state index in [1.54, 1.807) is 24.3 Å². The fourth-order valence-corrected chi connectivity index (χ4v) is 3.04. The fraction of sp³-hybridized carbons (Fsp3) is 0.208. The number of nitrogens with one attached hydrogen (secondary N) is 2. The van der Waals surface area contributed by atoms with Crippen molar-refractivity contribution in [3.8, 4) is 0 Å². The maximum Gasteiger partial charge on any atom is 0.338 e. The Hall–Kier alpha value is -3.87. The van der Waals surface area contributed by atoms with Crippen LogP contribution in [0.1, 0.15) is 52.3 Å². The number of anilines is 1. The van der Waals surface area contributed by atoms with E-state index in [0.29, 0.717) is 5.69 Å². The number of furan rings is 1. The van der Waals surface area contributed by atoms with E-state index < -0.39 is 11.9 Å². The summed E-state index contributed by atoms with van der Waals surface area (Å²) in [5.41, 5.74) is 1.79. The van der Waals surface area contributed by atoms with Gasteiger partial charge in [-0.3, -0.25) is 9.59 Å². The number of carbonyl (C=O) groups is 3. The molecule has 2 aromatic carbocycles. The van der Waals surface area contributed by atoms with Gasteiger partial charge in [0.2, 0.25) is 0 Å². The van der Waals surface area contributed by atoms with Gasteiger partial charge in [0.25, 0.3) is 11.8 Å². The summed E-state index contributed by atoms with van der Waals surface area (Å²) in [6.45, 7) is 1.67. The van der Waals surface area contributed by atoms with Crippen molar-refractivity contribution >= 4 is 23.5 Å². The first-order valence-electron chi connectivity index (χ1n) is 10.0. The van der Waals surface area contributed by atoms with Crippen LogP contribution >= 0.6 is 0 Å². The van der Waals surface area contributed by atoms with E-state index in [2.05, 4.69) is 10.6 Å². The Kier molecular flexibility index (Phi) is 7.59. The van der Waals surface area contributed by atoms with Crippen LogP contribution in [0.15, 0.2) is 77.4 Å². The first-order valence-corrected chi connectivity index (χ1v) is 10.0. The van der Waals surface area contributed by atoms with Crippen molar-refractivity contribution in [1.82, 2.24) is 5.32 Å². The average molecular weight is 420 g/mol. The molecule has 3 aromatic rings. The summed E-state index contributed by atoms with van der Waals surface area (Å²) in [6, 6.07) is 18.9. The molecule has 0 spiro atoms. The highest BCUT2D eigenvalue weighted by molar-refractivity contribution is 6.02. The molecule has 31 heavy (non-hydrogen) atoms. The van der Waals surface area contributed by atoms with Crippen LogP contribution < -0.4 is 10.6 Å². The summed E-state index contributed by atoms with van der Waals surface area (Å²) in [5.74, 6) is -1.19. The topological polar surface area (TPSA) is 97.6 Å². The van der Waals surface area contributed by atoms with E-state index in [9.17, 15) is 14.4 Å². The molecular weight excluding hydrogens is 396 g/mol. The molecule has 1 atom stereocenters. The third-order valence-electron chi connectivity index (χ3n) is 4.57. The molecule has 160 valence electrons. The molecule has 3 rings (SSSR count). The highest BCUT2D eigenvalue weighted by Gasteiger charge is 2.16. The van der Waals surface area contributed by atoms with Crippen molar-refractivity contribution in [1.29, 1.82) is 0 Å². The van der Waals surface area contributed by atoms with Gasteiger partial charge < -0.3 is 19.8 Å². The summed E-state index contributed by atoms with van der Waals surface area (Å²) in [6.07, 6.45) is 3.10. The van der Waals surface area contributed by atoms with E-state index in [4.69, 9.17) is 9.15 Å². The molecule has 1 unspecified atom stereocenters. The smallest absolute Gasteiger partial charge is 0.338 e. The van der Waals surface area contributed by atoms with Crippen LogP contribution in [0.5, 0.6) is 0 Å². The van der Waals surface area contributed by atoms with Gasteiger partial charge in [-0.25, -0.2) is 4.79 Å². The summed E-state index contributed by atoms with van der Waals surface area (Å²) < 4.78 is 10.2. The molecule has 1 aromatic heterocycles. The zero-order valence-electron chi connectivity index (χ0n) is 17.2. The molecular formula is C24H24N2O5. The number of hydrogen-bond donors (Lipinski definition) is 2. The highest BCUT2D eigenvalue weighted by Crippen LogP contribution is 2.18. The predicted octanol–water partition coefficient (Wildman–Crippen LogP) is 4.35. The lowest BCUT2D eigenvalue weighted by Gasteiger charge is -2.18. The van der Waals surface area contributed by atoms with Gasteiger partial charge in [0, 0.05) is 5.69 Å². The number of amides is 2. The molecule has 0 radical (unpaired) electrons. The van der Waals surface area contributed by atoms with Crippen LogP contribution in [0.2, 0.25) is 0 Å². The number of rotatable bonds is 9. The Bertz CT molecular complexity index is 998. The number of ether oxygens (including phenoxy) is 1. The molecule has 0 saturated heterocycles.